The van der Waals surface area contributed by atoms with Crippen LogP contribution in [0.1, 0.15) is 0 Å². The fourth-order valence-corrected chi connectivity index (χ4v) is 4.96. The smallest absolute Gasteiger partial charge is 0.140 e. The zero-order valence-electron chi connectivity index (χ0n) is 15.9. The molecule has 0 aliphatic carbocycles. The van der Waals surface area contributed by atoms with Gasteiger partial charge in [0, 0.05) is 34.2 Å². The Labute approximate surface area is 166 Å². The van der Waals surface area contributed by atoms with Gasteiger partial charge < -0.3 is 8.97 Å². The van der Waals surface area contributed by atoms with Crippen LogP contribution in [-0.2, 0) is 7.05 Å². The van der Waals surface area contributed by atoms with Crippen molar-refractivity contribution in [1.82, 2.24) is 14.0 Å². The summed E-state index contributed by atoms with van der Waals surface area (Å²) in [4.78, 5) is 4.99. The minimum absolute atomic E-state index is 1.00. The van der Waals surface area contributed by atoms with E-state index in [0.717, 1.165) is 22.4 Å². The van der Waals surface area contributed by atoms with Crippen LogP contribution in [0.5, 0.6) is 0 Å². The van der Waals surface area contributed by atoms with Crippen LogP contribution in [0.25, 0.3) is 60.5 Å². The molecule has 3 heteroatoms. The molecule has 0 saturated heterocycles. The van der Waals surface area contributed by atoms with Gasteiger partial charge in [0.1, 0.15) is 5.82 Å². The predicted molar refractivity (Wildman–Crippen MR) is 121 cm³/mol. The molecule has 3 nitrogen and oxygen atoms in total. The average molecular weight is 371 g/mol. The third-order valence-electron chi connectivity index (χ3n) is 6.26. The van der Waals surface area contributed by atoms with E-state index in [0.29, 0.717) is 0 Å². The number of rotatable bonds is 1. The number of benzene rings is 4. The van der Waals surface area contributed by atoms with Gasteiger partial charge in [0.2, 0.25) is 0 Å². The second-order valence-electron chi connectivity index (χ2n) is 7.77. The molecule has 0 N–H and O–H groups in total. The number of aromatic nitrogens is 3. The van der Waals surface area contributed by atoms with E-state index in [2.05, 4.69) is 94.9 Å². The van der Waals surface area contributed by atoms with E-state index in [4.69, 9.17) is 4.98 Å². The van der Waals surface area contributed by atoms with E-state index in [9.17, 15) is 0 Å². The third-order valence-corrected chi connectivity index (χ3v) is 6.26. The number of imidazole rings is 1. The molecule has 0 fully saturated rings. The van der Waals surface area contributed by atoms with Crippen LogP contribution in [0.3, 0.4) is 0 Å². The maximum Gasteiger partial charge on any atom is 0.140 e. The van der Waals surface area contributed by atoms with Gasteiger partial charge in [0.15, 0.2) is 0 Å². The number of para-hydroxylation sites is 2. The highest BCUT2D eigenvalue weighted by Gasteiger charge is 2.19. The monoisotopic (exact) mass is 371 g/mol. The zero-order chi connectivity index (χ0) is 19.1. The van der Waals surface area contributed by atoms with Crippen LogP contribution in [0.2, 0.25) is 0 Å². The molecule has 7 aromatic rings. The molecule has 0 aliphatic rings. The number of fused-ring (bicyclic) bond motifs is 7. The van der Waals surface area contributed by atoms with Gasteiger partial charge in [-0.25, -0.2) is 4.98 Å². The summed E-state index contributed by atoms with van der Waals surface area (Å²) < 4.78 is 4.63. The van der Waals surface area contributed by atoms with Gasteiger partial charge in [0.25, 0.3) is 0 Å². The van der Waals surface area contributed by atoms with Crippen molar-refractivity contribution in [2.45, 2.75) is 0 Å². The van der Waals surface area contributed by atoms with Crippen molar-refractivity contribution in [2.24, 2.45) is 7.05 Å². The fraction of sp³-hybridized carbons (Fsp3) is 0.0385. The molecule has 4 aromatic carbocycles. The number of hydrogen-bond acceptors (Lipinski definition) is 1. The summed E-state index contributed by atoms with van der Waals surface area (Å²) in [5, 5.41) is 5.19. The fourth-order valence-electron chi connectivity index (χ4n) is 4.96. The Morgan fingerprint density at radius 1 is 0.621 bits per heavy atom. The van der Waals surface area contributed by atoms with E-state index < -0.39 is 0 Å². The van der Waals surface area contributed by atoms with E-state index in [-0.39, 0.29) is 0 Å². The van der Waals surface area contributed by atoms with Gasteiger partial charge in [-0.2, -0.15) is 0 Å². The molecule has 7 rings (SSSR count). The summed E-state index contributed by atoms with van der Waals surface area (Å²) >= 11 is 0. The molecular formula is C26H17N3. The van der Waals surface area contributed by atoms with Crippen molar-refractivity contribution in [3.05, 3.63) is 84.9 Å². The summed E-state index contributed by atoms with van der Waals surface area (Å²) in [5.74, 6) is 1.00. The molecule has 0 aliphatic heterocycles. The number of nitrogens with zero attached hydrogens (tertiary/aromatic N) is 3. The zero-order valence-corrected chi connectivity index (χ0v) is 15.9. The highest BCUT2D eigenvalue weighted by Crippen LogP contribution is 2.40. The molecule has 0 atom stereocenters. The van der Waals surface area contributed by atoms with Gasteiger partial charge in [0.05, 0.1) is 27.6 Å². The Balaban J connectivity index is 1.68. The minimum Gasteiger partial charge on any atom is -0.327 e. The average Bonchev–Trinajstić information content (AvgIpc) is 3.40. The molecule has 29 heavy (non-hydrogen) atoms. The summed E-state index contributed by atoms with van der Waals surface area (Å²) in [6, 6.07) is 30.3. The van der Waals surface area contributed by atoms with E-state index in [1.807, 2.05) is 6.07 Å². The summed E-state index contributed by atoms with van der Waals surface area (Å²) in [6.45, 7) is 0. The molecule has 0 unspecified atom stereocenters. The molecular weight excluding hydrogens is 354 g/mol. The Kier molecular flexibility index (Phi) is 2.68. The lowest BCUT2D eigenvalue weighted by atomic mass is 10.1. The summed E-state index contributed by atoms with van der Waals surface area (Å²) in [7, 11) is 2.11. The lowest BCUT2D eigenvalue weighted by molar-refractivity contribution is 0.959. The van der Waals surface area contributed by atoms with E-state index >= 15 is 0 Å². The van der Waals surface area contributed by atoms with E-state index in [1.54, 1.807) is 0 Å². The van der Waals surface area contributed by atoms with Crippen molar-refractivity contribution in [2.75, 3.05) is 0 Å². The van der Waals surface area contributed by atoms with Crippen molar-refractivity contribution in [3.63, 3.8) is 0 Å². The molecule has 3 aromatic heterocycles. The van der Waals surface area contributed by atoms with Gasteiger partial charge in [-0.3, -0.25) is 0 Å². The first-order valence-electron chi connectivity index (χ1n) is 9.90. The van der Waals surface area contributed by atoms with Crippen molar-refractivity contribution >= 4 is 49.1 Å². The van der Waals surface area contributed by atoms with Crippen LogP contribution < -0.4 is 0 Å². The quantitative estimate of drug-likeness (QED) is 0.328. The molecule has 0 bridgehead atoms. The van der Waals surface area contributed by atoms with Crippen molar-refractivity contribution in [3.8, 4) is 11.4 Å². The summed E-state index contributed by atoms with van der Waals surface area (Å²) in [6.07, 6.45) is 0. The Bertz CT molecular complexity index is 1700. The third kappa shape index (κ3) is 1.80. The highest BCUT2D eigenvalue weighted by molar-refractivity contribution is 6.24. The first kappa shape index (κ1) is 15.1. The van der Waals surface area contributed by atoms with Crippen molar-refractivity contribution < 1.29 is 0 Å². The Morgan fingerprint density at radius 3 is 2.21 bits per heavy atom. The molecule has 0 amide bonds. The van der Waals surface area contributed by atoms with Crippen LogP contribution in [0.4, 0.5) is 0 Å². The van der Waals surface area contributed by atoms with Gasteiger partial charge in [-0.15, -0.1) is 0 Å². The topological polar surface area (TPSA) is 22.2 Å². The van der Waals surface area contributed by atoms with Gasteiger partial charge >= 0.3 is 0 Å². The predicted octanol–water partition coefficient (Wildman–Crippen LogP) is 6.39. The first-order chi connectivity index (χ1) is 14.3. The minimum atomic E-state index is 1.00. The largest absolute Gasteiger partial charge is 0.327 e. The SMILES string of the molecule is Cn1c(-c2ccccc2)nc2cc3c4cccc5c6ccccc6n(c3cc21)c54. The first-order valence-corrected chi connectivity index (χ1v) is 9.90. The molecule has 0 saturated carbocycles. The molecule has 0 radical (unpaired) electrons. The Morgan fingerprint density at radius 2 is 1.34 bits per heavy atom. The van der Waals surface area contributed by atoms with Crippen molar-refractivity contribution in [1.29, 1.82) is 0 Å². The molecule has 3 heterocycles. The molecule has 136 valence electrons. The standard InChI is InChI=1S/C26H17N3/c1-28-24-15-23-20(14-21(24)27-26(28)16-8-3-2-4-9-16)19-12-7-11-18-17-10-5-6-13-22(17)29(23)25(18)19/h2-15H,1H3. The number of hydrogen-bond donors (Lipinski definition) is 0. The maximum absolute atomic E-state index is 4.99. The second kappa shape index (κ2) is 5.15. The van der Waals surface area contributed by atoms with Gasteiger partial charge in [-0.05, 0) is 18.2 Å². The van der Waals surface area contributed by atoms with Crippen LogP contribution in [-0.4, -0.2) is 14.0 Å². The highest BCUT2D eigenvalue weighted by atomic mass is 15.1. The van der Waals surface area contributed by atoms with Crippen LogP contribution >= 0.6 is 0 Å². The lowest BCUT2D eigenvalue weighted by Gasteiger charge is -2.02. The molecule has 0 spiro atoms. The summed E-state index contributed by atoms with van der Waals surface area (Å²) in [5.41, 5.74) is 7.15. The van der Waals surface area contributed by atoms with Crippen LogP contribution in [0, 0.1) is 0 Å². The van der Waals surface area contributed by atoms with Gasteiger partial charge in [-0.1, -0.05) is 66.7 Å². The second-order valence-corrected chi connectivity index (χ2v) is 7.77. The van der Waals surface area contributed by atoms with Crippen LogP contribution in [0.15, 0.2) is 84.9 Å². The lowest BCUT2D eigenvalue weighted by Crippen LogP contribution is -1.92. The Hall–Kier alpha value is -3.85. The maximum atomic E-state index is 4.99. The van der Waals surface area contributed by atoms with E-state index in [1.165, 1.54) is 38.1 Å². The normalized spacial score (nSPS) is 12.3. The number of aryl methyl sites for hydroxylation is 1.